The molecular weight excluding hydrogens is 188 g/mol. The molecule has 0 unspecified atom stereocenters. The van der Waals surface area contributed by atoms with Crippen molar-refractivity contribution in [3.8, 4) is 0 Å². The molecule has 0 bridgehead atoms. The van der Waals surface area contributed by atoms with Gasteiger partial charge in [-0.2, -0.15) is 5.10 Å². The van der Waals surface area contributed by atoms with Crippen molar-refractivity contribution in [3.63, 3.8) is 0 Å². The number of hydrazone groups is 1. The van der Waals surface area contributed by atoms with Crippen molar-refractivity contribution >= 4 is 15.7 Å². The van der Waals surface area contributed by atoms with Gasteiger partial charge in [0.25, 0.3) is 0 Å². The monoisotopic (exact) mass is 202 g/mol. The molecule has 13 heavy (non-hydrogen) atoms. The number of sulfonamides is 1. The molecule has 2 fully saturated rings. The van der Waals surface area contributed by atoms with Gasteiger partial charge in [0.15, 0.2) is 0 Å². The van der Waals surface area contributed by atoms with Crippen LogP contribution in [0.4, 0.5) is 0 Å². The lowest BCUT2D eigenvalue weighted by Gasteiger charge is -2.01. The Morgan fingerprint density at radius 1 is 1.62 bits per heavy atom. The van der Waals surface area contributed by atoms with Crippen LogP contribution < -0.4 is 4.83 Å². The molecule has 2 saturated carbocycles. The summed E-state index contributed by atoms with van der Waals surface area (Å²) in [4.78, 5) is 2.27. The largest absolute Gasteiger partial charge is 0.247 e. The van der Waals surface area contributed by atoms with Crippen molar-refractivity contribution in [3.05, 3.63) is 0 Å². The third-order valence-corrected chi connectivity index (χ3v) is 3.96. The minimum Gasteiger partial charge on any atom is -0.205 e. The van der Waals surface area contributed by atoms with Gasteiger partial charge in [-0.1, -0.05) is 0 Å². The molecule has 5 heteroatoms. The third-order valence-electron chi connectivity index (χ3n) is 2.83. The second-order valence-corrected chi connectivity index (χ2v) is 5.73. The molecule has 2 atom stereocenters. The molecule has 74 valence electrons. The molecule has 0 aromatic heterocycles. The molecule has 2 aliphatic carbocycles. The summed E-state index contributed by atoms with van der Waals surface area (Å²) in [5.74, 6) is 1.50. The van der Waals surface area contributed by atoms with Crippen molar-refractivity contribution < 1.29 is 8.42 Å². The van der Waals surface area contributed by atoms with Crippen LogP contribution in [0.25, 0.3) is 0 Å². The van der Waals surface area contributed by atoms with Gasteiger partial charge in [-0.05, 0) is 32.1 Å². The van der Waals surface area contributed by atoms with Crippen LogP contribution in [-0.4, -0.2) is 19.9 Å². The number of fused-ring (bicyclic) bond motifs is 1. The molecule has 4 nitrogen and oxygen atoms in total. The second-order valence-electron chi connectivity index (χ2n) is 3.74. The average molecular weight is 202 g/mol. The van der Waals surface area contributed by atoms with E-state index in [-0.39, 0.29) is 5.75 Å². The van der Waals surface area contributed by atoms with Crippen molar-refractivity contribution in [2.45, 2.75) is 26.2 Å². The first-order valence-corrected chi connectivity index (χ1v) is 6.33. The summed E-state index contributed by atoms with van der Waals surface area (Å²) >= 11 is 0. The van der Waals surface area contributed by atoms with Gasteiger partial charge in [-0.3, -0.25) is 0 Å². The first kappa shape index (κ1) is 8.99. The Kier molecular flexibility index (Phi) is 2.06. The maximum absolute atomic E-state index is 11.1. The zero-order chi connectivity index (χ0) is 9.47. The van der Waals surface area contributed by atoms with E-state index in [0.29, 0.717) is 5.92 Å². The zero-order valence-corrected chi connectivity index (χ0v) is 8.47. The van der Waals surface area contributed by atoms with Gasteiger partial charge in [0.1, 0.15) is 0 Å². The molecule has 0 spiro atoms. The standard InChI is InChI=1S/C8H14N2O2S/c1-2-13(11,12)10-9-8-4-3-6-5-7(6)8/h6-7,10H,2-5H2,1H3/b9-8-/t6-,7+/m0/s1. The lowest BCUT2D eigenvalue weighted by atomic mass is 10.2. The third kappa shape index (κ3) is 1.85. The molecule has 2 aliphatic rings. The van der Waals surface area contributed by atoms with E-state index in [1.165, 1.54) is 12.8 Å². The number of hydrogen-bond donors (Lipinski definition) is 1. The molecule has 0 aromatic rings. The van der Waals surface area contributed by atoms with Crippen molar-refractivity contribution in [1.82, 2.24) is 4.83 Å². The van der Waals surface area contributed by atoms with Crippen LogP contribution >= 0.6 is 0 Å². The molecule has 0 aliphatic heterocycles. The number of rotatable bonds is 3. The highest BCUT2D eigenvalue weighted by Gasteiger charge is 2.45. The first-order valence-electron chi connectivity index (χ1n) is 4.68. The molecule has 0 aromatic carbocycles. The fourth-order valence-electron chi connectivity index (χ4n) is 1.82. The lowest BCUT2D eigenvalue weighted by molar-refractivity contribution is 0.585. The van der Waals surface area contributed by atoms with Gasteiger partial charge in [0.05, 0.1) is 5.75 Å². The highest BCUT2D eigenvalue weighted by molar-refractivity contribution is 7.89. The summed E-state index contributed by atoms with van der Waals surface area (Å²) in [7, 11) is -3.15. The van der Waals surface area contributed by atoms with Crippen LogP contribution in [0.2, 0.25) is 0 Å². The van der Waals surface area contributed by atoms with Crippen molar-refractivity contribution in [1.29, 1.82) is 0 Å². The van der Waals surface area contributed by atoms with E-state index in [4.69, 9.17) is 0 Å². The SMILES string of the molecule is CCS(=O)(=O)N/N=C1/CC[C@H]2C[C@@H]12. The minimum atomic E-state index is -3.15. The Labute approximate surface area is 78.5 Å². The fourth-order valence-corrected chi connectivity index (χ4v) is 2.21. The lowest BCUT2D eigenvalue weighted by Crippen LogP contribution is -2.21. The zero-order valence-electron chi connectivity index (χ0n) is 7.66. The summed E-state index contributed by atoms with van der Waals surface area (Å²) in [5.41, 5.74) is 1.06. The van der Waals surface area contributed by atoms with Crippen LogP contribution in [-0.2, 0) is 10.0 Å². The van der Waals surface area contributed by atoms with Gasteiger partial charge >= 0.3 is 0 Å². The van der Waals surface area contributed by atoms with Gasteiger partial charge < -0.3 is 0 Å². The maximum atomic E-state index is 11.1. The highest BCUT2D eigenvalue weighted by atomic mass is 32.2. The normalized spacial score (nSPS) is 34.7. The van der Waals surface area contributed by atoms with Crippen molar-refractivity contribution in [2.24, 2.45) is 16.9 Å². The van der Waals surface area contributed by atoms with Crippen LogP contribution in [0.1, 0.15) is 26.2 Å². The molecule has 0 amide bonds. The maximum Gasteiger partial charge on any atom is 0.247 e. The van der Waals surface area contributed by atoms with Crippen LogP contribution in [0.5, 0.6) is 0 Å². The summed E-state index contributed by atoms with van der Waals surface area (Å²) < 4.78 is 22.1. The average Bonchev–Trinajstić information content (AvgIpc) is 2.78. The molecule has 2 rings (SSSR count). The molecule has 0 radical (unpaired) electrons. The van der Waals surface area contributed by atoms with E-state index in [9.17, 15) is 8.42 Å². The molecule has 1 N–H and O–H groups in total. The number of nitrogens with zero attached hydrogens (tertiary/aromatic N) is 1. The fraction of sp³-hybridized carbons (Fsp3) is 0.875. The molecular formula is C8H14N2O2S. The smallest absolute Gasteiger partial charge is 0.205 e. The van der Waals surface area contributed by atoms with Crippen LogP contribution in [0.15, 0.2) is 5.10 Å². The van der Waals surface area contributed by atoms with Crippen molar-refractivity contribution in [2.75, 3.05) is 5.75 Å². The summed E-state index contributed by atoms with van der Waals surface area (Å²) in [5, 5.41) is 3.97. The molecule has 0 heterocycles. The first-order chi connectivity index (χ1) is 6.12. The van der Waals surface area contributed by atoms with E-state index in [2.05, 4.69) is 9.93 Å². The quantitative estimate of drug-likeness (QED) is 0.685. The Morgan fingerprint density at radius 3 is 2.85 bits per heavy atom. The van der Waals surface area contributed by atoms with E-state index >= 15 is 0 Å². The number of nitrogens with one attached hydrogen (secondary N) is 1. The minimum absolute atomic E-state index is 0.0951. The number of hydrogen-bond acceptors (Lipinski definition) is 3. The highest BCUT2D eigenvalue weighted by Crippen LogP contribution is 2.49. The van der Waals surface area contributed by atoms with E-state index in [1.54, 1.807) is 6.92 Å². The Morgan fingerprint density at radius 2 is 2.38 bits per heavy atom. The van der Waals surface area contributed by atoms with Crippen LogP contribution in [0, 0.1) is 11.8 Å². The van der Waals surface area contributed by atoms with E-state index < -0.39 is 10.0 Å². The van der Waals surface area contributed by atoms with Gasteiger partial charge in [0.2, 0.25) is 10.0 Å². The predicted molar refractivity (Wildman–Crippen MR) is 50.9 cm³/mol. The van der Waals surface area contributed by atoms with Gasteiger partial charge in [-0.15, -0.1) is 0 Å². The molecule has 0 saturated heterocycles. The van der Waals surface area contributed by atoms with Crippen LogP contribution in [0.3, 0.4) is 0 Å². The summed E-state index contributed by atoms with van der Waals surface area (Å²) in [6, 6.07) is 0. The van der Waals surface area contributed by atoms with E-state index in [1.807, 2.05) is 0 Å². The summed E-state index contributed by atoms with van der Waals surface area (Å²) in [6.45, 7) is 1.61. The van der Waals surface area contributed by atoms with E-state index in [0.717, 1.165) is 18.1 Å². The topological polar surface area (TPSA) is 58.5 Å². The Bertz CT molecular complexity index is 334. The van der Waals surface area contributed by atoms with Gasteiger partial charge in [-0.25, -0.2) is 13.2 Å². The summed E-state index contributed by atoms with van der Waals surface area (Å²) in [6.07, 6.45) is 3.38. The predicted octanol–water partition coefficient (Wildman–Crippen LogP) is 0.712. The Hall–Kier alpha value is -0.580. The van der Waals surface area contributed by atoms with Gasteiger partial charge in [0, 0.05) is 11.6 Å². The second kappa shape index (κ2) is 2.97. The Balaban J connectivity index is 1.97.